The maximum Gasteiger partial charge on any atom is 0.416 e. The van der Waals surface area contributed by atoms with Crippen LogP contribution in [0.15, 0.2) is 71.8 Å². The Morgan fingerprint density at radius 3 is 2.44 bits per heavy atom. The quantitative estimate of drug-likeness (QED) is 0.0964. The van der Waals surface area contributed by atoms with Crippen molar-refractivity contribution in [2.45, 2.75) is 11.1 Å². The zero-order valence-corrected chi connectivity index (χ0v) is 22.6. The SMILES string of the molecule is C=S(N)(=O)c1cccc(Nc2ncc(-c3ccc(NC(=O)Nc4cc(C(F)(F)F)ccc4F)c(F)c3)c(NCC#N)n2)c1. The summed E-state index contributed by atoms with van der Waals surface area (Å²) in [6.07, 6.45) is -3.42. The summed E-state index contributed by atoms with van der Waals surface area (Å²) in [5, 5.41) is 24.4. The Hall–Kier alpha value is -5.27. The molecule has 43 heavy (non-hydrogen) atoms. The van der Waals surface area contributed by atoms with Crippen LogP contribution in [0.1, 0.15) is 5.56 Å². The molecular weight excluding hydrogens is 595 g/mol. The highest BCUT2D eigenvalue weighted by Crippen LogP contribution is 2.33. The lowest BCUT2D eigenvalue weighted by molar-refractivity contribution is -0.137. The van der Waals surface area contributed by atoms with Gasteiger partial charge in [-0.15, -0.1) is 0 Å². The zero-order chi connectivity index (χ0) is 31.4. The lowest BCUT2D eigenvalue weighted by Crippen LogP contribution is -2.21. The normalized spacial score (nSPS) is 12.5. The number of hydrogen-bond donors (Lipinski definition) is 5. The van der Waals surface area contributed by atoms with Crippen molar-refractivity contribution in [3.63, 3.8) is 0 Å². The molecule has 0 aliphatic heterocycles. The molecule has 1 atom stereocenters. The Morgan fingerprint density at radius 1 is 1.02 bits per heavy atom. The van der Waals surface area contributed by atoms with Gasteiger partial charge in [0, 0.05) is 22.3 Å². The van der Waals surface area contributed by atoms with E-state index in [2.05, 4.69) is 31.8 Å². The maximum absolute atomic E-state index is 15.0. The van der Waals surface area contributed by atoms with E-state index in [0.717, 1.165) is 6.07 Å². The van der Waals surface area contributed by atoms with Crippen LogP contribution in [-0.2, 0) is 15.9 Å². The molecule has 0 aliphatic carbocycles. The van der Waals surface area contributed by atoms with E-state index in [1.165, 1.54) is 24.4 Å². The first-order chi connectivity index (χ1) is 20.2. The summed E-state index contributed by atoms with van der Waals surface area (Å²) < 4.78 is 79.8. The Kier molecular flexibility index (Phi) is 8.78. The van der Waals surface area contributed by atoms with Crippen molar-refractivity contribution >= 4 is 50.4 Å². The number of benzene rings is 3. The van der Waals surface area contributed by atoms with Gasteiger partial charge in [0.15, 0.2) is 0 Å². The Morgan fingerprint density at radius 2 is 1.77 bits per heavy atom. The van der Waals surface area contributed by atoms with Crippen molar-refractivity contribution in [2.75, 3.05) is 27.8 Å². The van der Waals surface area contributed by atoms with Gasteiger partial charge in [0.25, 0.3) is 0 Å². The monoisotopic (exact) mass is 616 g/mol. The molecule has 1 unspecified atom stereocenters. The molecule has 0 saturated heterocycles. The molecule has 0 aliphatic rings. The molecule has 0 bridgehead atoms. The standard InChI is InChI=1S/C27H21F5N8O2S/c1-43(34,42)18-4-2-3-17(13-18)37-25-36-14-19(24(40-25)35-10-9-33)15-5-8-22(21(29)11-15)38-26(41)39-23-12-16(27(30,31)32)6-7-20(23)28/h2-8,11-14H,1,10H2,(H2,34,42)(H2,38,39,41)(H2,35,36,37,40). The minimum Gasteiger partial charge on any atom is -0.356 e. The maximum atomic E-state index is 15.0. The second-order valence-electron chi connectivity index (χ2n) is 8.81. The topological polar surface area (TPSA) is 158 Å². The van der Waals surface area contributed by atoms with Crippen molar-refractivity contribution in [1.82, 2.24) is 9.97 Å². The van der Waals surface area contributed by atoms with E-state index in [1.807, 2.05) is 11.4 Å². The largest absolute Gasteiger partial charge is 0.416 e. The van der Waals surface area contributed by atoms with Crippen molar-refractivity contribution in [1.29, 1.82) is 5.26 Å². The van der Waals surface area contributed by atoms with Gasteiger partial charge in [-0.3, -0.25) is 5.14 Å². The number of amides is 2. The fourth-order valence-corrected chi connectivity index (χ4v) is 4.32. The number of halogens is 5. The number of nitrogens with two attached hydrogens (primary N) is 1. The van der Waals surface area contributed by atoms with Crippen LogP contribution in [0.3, 0.4) is 0 Å². The van der Waals surface area contributed by atoms with Gasteiger partial charge in [-0.05, 0) is 60.0 Å². The van der Waals surface area contributed by atoms with Gasteiger partial charge >= 0.3 is 12.2 Å². The van der Waals surface area contributed by atoms with Crippen LogP contribution < -0.4 is 26.4 Å². The lowest BCUT2D eigenvalue weighted by atomic mass is 10.1. The molecule has 222 valence electrons. The van der Waals surface area contributed by atoms with Gasteiger partial charge in [0.05, 0.1) is 32.7 Å². The zero-order valence-electron chi connectivity index (χ0n) is 21.8. The molecule has 10 nitrogen and oxygen atoms in total. The summed E-state index contributed by atoms with van der Waals surface area (Å²) in [5.41, 5.74) is -1.33. The first-order valence-corrected chi connectivity index (χ1v) is 13.8. The molecule has 0 saturated carbocycles. The Labute approximate surface area is 241 Å². The fraction of sp³-hybridized carbons (Fsp3) is 0.0741. The molecule has 0 radical (unpaired) electrons. The predicted octanol–water partition coefficient (Wildman–Crippen LogP) is 5.71. The second-order valence-corrected chi connectivity index (χ2v) is 10.7. The summed E-state index contributed by atoms with van der Waals surface area (Å²) in [7, 11) is -2.97. The van der Waals surface area contributed by atoms with Gasteiger partial charge in [0.1, 0.15) is 24.0 Å². The number of nitrogens with one attached hydrogen (secondary N) is 4. The number of anilines is 5. The third-order valence-corrected chi connectivity index (χ3v) is 6.73. The summed E-state index contributed by atoms with van der Waals surface area (Å²) in [4.78, 5) is 21.1. The Balaban J connectivity index is 1.55. The molecule has 1 aromatic heterocycles. The molecule has 16 heteroatoms. The number of alkyl halides is 3. The number of nitriles is 1. The van der Waals surface area contributed by atoms with E-state index in [1.54, 1.807) is 18.2 Å². The van der Waals surface area contributed by atoms with E-state index >= 15 is 0 Å². The van der Waals surface area contributed by atoms with Gasteiger partial charge in [-0.2, -0.15) is 23.4 Å². The summed E-state index contributed by atoms with van der Waals surface area (Å²) in [6.45, 7) is -0.163. The average molecular weight is 617 g/mol. The average Bonchev–Trinajstić information content (AvgIpc) is 2.93. The van der Waals surface area contributed by atoms with E-state index in [4.69, 9.17) is 10.4 Å². The number of carbonyl (C=O) groups excluding carboxylic acids is 1. The van der Waals surface area contributed by atoms with Gasteiger partial charge in [-0.25, -0.2) is 22.8 Å². The number of urea groups is 1. The summed E-state index contributed by atoms with van der Waals surface area (Å²) in [5.74, 6) is 1.60. The molecule has 2 amide bonds. The number of hydrogen-bond acceptors (Lipinski definition) is 7. The third-order valence-electron chi connectivity index (χ3n) is 5.68. The number of aromatic nitrogens is 2. The molecule has 0 spiro atoms. The predicted molar refractivity (Wildman–Crippen MR) is 153 cm³/mol. The van der Waals surface area contributed by atoms with Crippen molar-refractivity contribution in [3.8, 4) is 17.2 Å². The van der Waals surface area contributed by atoms with Crippen LogP contribution in [0.25, 0.3) is 11.1 Å². The van der Waals surface area contributed by atoms with Crippen molar-refractivity contribution in [3.05, 3.63) is 84.1 Å². The summed E-state index contributed by atoms with van der Waals surface area (Å²) in [6, 6.07) is 12.1. The van der Waals surface area contributed by atoms with Gasteiger partial charge < -0.3 is 21.3 Å². The highest BCUT2D eigenvalue weighted by Gasteiger charge is 2.31. The van der Waals surface area contributed by atoms with Crippen molar-refractivity contribution < 1.29 is 31.0 Å². The van der Waals surface area contributed by atoms with E-state index in [9.17, 15) is 31.0 Å². The highest BCUT2D eigenvalue weighted by molar-refractivity contribution is 7.98. The van der Waals surface area contributed by atoms with Gasteiger partial charge in [-0.1, -0.05) is 12.1 Å². The van der Waals surface area contributed by atoms with Crippen LogP contribution in [-0.4, -0.2) is 32.6 Å². The smallest absolute Gasteiger partial charge is 0.356 e. The molecule has 4 aromatic rings. The lowest BCUT2D eigenvalue weighted by Gasteiger charge is -2.14. The molecular formula is C27H21F5N8O2S. The minimum absolute atomic E-state index is 0.0752. The molecule has 3 aromatic carbocycles. The number of rotatable bonds is 8. The first-order valence-electron chi connectivity index (χ1n) is 12.0. The minimum atomic E-state index is -4.77. The molecule has 4 rings (SSSR count). The second kappa shape index (κ2) is 12.3. The number of nitrogens with zero attached hydrogens (tertiary/aromatic N) is 3. The van der Waals surface area contributed by atoms with Crippen LogP contribution in [0.4, 0.5) is 55.6 Å². The fourth-order valence-electron chi connectivity index (χ4n) is 3.69. The van der Waals surface area contributed by atoms with E-state index in [-0.39, 0.29) is 40.0 Å². The van der Waals surface area contributed by atoms with Crippen LogP contribution in [0.5, 0.6) is 0 Å². The van der Waals surface area contributed by atoms with E-state index in [0.29, 0.717) is 23.9 Å². The van der Waals surface area contributed by atoms with Crippen LogP contribution >= 0.6 is 0 Å². The molecule has 6 N–H and O–H groups in total. The molecule has 1 heterocycles. The highest BCUT2D eigenvalue weighted by atomic mass is 32.2. The summed E-state index contributed by atoms with van der Waals surface area (Å²) >= 11 is 0. The Bertz CT molecular complexity index is 1840. The first kappa shape index (κ1) is 30.7. The third kappa shape index (κ3) is 7.72. The van der Waals surface area contributed by atoms with Crippen LogP contribution in [0, 0.1) is 23.0 Å². The molecule has 0 fully saturated rings. The van der Waals surface area contributed by atoms with Gasteiger partial charge in [0.2, 0.25) is 5.95 Å². The van der Waals surface area contributed by atoms with Crippen molar-refractivity contribution in [2.24, 2.45) is 5.14 Å². The van der Waals surface area contributed by atoms with E-state index < -0.39 is 44.8 Å². The van der Waals surface area contributed by atoms with Crippen LogP contribution in [0.2, 0.25) is 0 Å². The number of carbonyl (C=O) groups is 1.